The Morgan fingerprint density at radius 2 is 1.50 bits per heavy atom. The third-order valence-electron chi connectivity index (χ3n) is 3.03. The van der Waals surface area contributed by atoms with Crippen molar-refractivity contribution in [3.05, 3.63) is 12.2 Å². The normalized spacial score (nSPS) is 24.8. The summed E-state index contributed by atoms with van der Waals surface area (Å²) in [5, 5.41) is 0. The smallest absolute Gasteiger partial charge is 0.403 e. The molecule has 80 valence electrons. The fourth-order valence-corrected chi connectivity index (χ4v) is 1.44. The monoisotopic (exact) mass is 196 g/mol. The van der Waals surface area contributed by atoms with Crippen LogP contribution in [0.3, 0.4) is 0 Å². The van der Waals surface area contributed by atoms with Gasteiger partial charge in [-0.2, -0.15) is 0 Å². The average molecular weight is 196 g/mol. The van der Waals surface area contributed by atoms with Crippen molar-refractivity contribution in [2.24, 2.45) is 0 Å². The molecule has 0 aromatic carbocycles. The molecule has 0 aliphatic carbocycles. The molecule has 0 unspecified atom stereocenters. The lowest BCUT2D eigenvalue weighted by molar-refractivity contribution is 0.00578. The van der Waals surface area contributed by atoms with E-state index >= 15 is 0 Å². The molecule has 1 aliphatic heterocycles. The molecule has 1 saturated heterocycles. The lowest BCUT2D eigenvalue weighted by atomic mass is 9.85. The number of allylic oxidation sites excluding steroid dienone is 2. The van der Waals surface area contributed by atoms with Crippen LogP contribution in [0.2, 0.25) is 6.32 Å². The highest BCUT2D eigenvalue weighted by Crippen LogP contribution is 2.37. The van der Waals surface area contributed by atoms with Crippen LogP contribution in [0, 0.1) is 0 Å². The zero-order chi connectivity index (χ0) is 10.8. The average Bonchev–Trinajstić information content (AvgIpc) is 2.21. The Labute approximate surface area is 87.8 Å². The SMILES string of the molecule is CC/C=C/CB1OC(C)(C)C(C)(C)O1. The maximum absolute atomic E-state index is 5.84. The maximum Gasteiger partial charge on any atom is 0.461 e. The summed E-state index contributed by atoms with van der Waals surface area (Å²) in [5.41, 5.74) is -0.393. The second kappa shape index (κ2) is 4.07. The first-order chi connectivity index (χ1) is 6.39. The third kappa shape index (κ3) is 2.40. The maximum atomic E-state index is 5.84. The highest BCUT2D eigenvalue weighted by Gasteiger charge is 2.50. The van der Waals surface area contributed by atoms with Crippen LogP contribution in [0.4, 0.5) is 0 Å². The summed E-state index contributed by atoms with van der Waals surface area (Å²) < 4.78 is 11.7. The molecule has 1 aliphatic rings. The van der Waals surface area contributed by atoms with Gasteiger partial charge in [0.25, 0.3) is 0 Å². The van der Waals surface area contributed by atoms with Crippen LogP contribution < -0.4 is 0 Å². The molecule has 0 amide bonds. The molecule has 0 bridgehead atoms. The first-order valence-electron chi connectivity index (χ1n) is 5.39. The molecule has 3 heteroatoms. The molecule has 14 heavy (non-hydrogen) atoms. The van der Waals surface area contributed by atoms with Crippen molar-refractivity contribution in [2.75, 3.05) is 0 Å². The molecule has 0 spiro atoms. The van der Waals surface area contributed by atoms with Gasteiger partial charge < -0.3 is 9.31 Å². The zero-order valence-corrected chi connectivity index (χ0v) is 9.96. The van der Waals surface area contributed by atoms with Gasteiger partial charge in [-0.15, -0.1) is 0 Å². The van der Waals surface area contributed by atoms with Gasteiger partial charge in [-0.05, 0) is 34.1 Å². The lowest BCUT2D eigenvalue weighted by Gasteiger charge is -2.32. The van der Waals surface area contributed by atoms with Gasteiger partial charge in [-0.25, -0.2) is 0 Å². The third-order valence-corrected chi connectivity index (χ3v) is 3.03. The van der Waals surface area contributed by atoms with Gasteiger partial charge in [0.2, 0.25) is 0 Å². The van der Waals surface area contributed by atoms with Gasteiger partial charge in [0.15, 0.2) is 0 Å². The zero-order valence-electron chi connectivity index (χ0n) is 9.96. The van der Waals surface area contributed by atoms with E-state index in [2.05, 4.69) is 46.8 Å². The van der Waals surface area contributed by atoms with E-state index in [0.29, 0.717) is 0 Å². The topological polar surface area (TPSA) is 18.5 Å². The van der Waals surface area contributed by atoms with Gasteiger partial charge in [-0.3, -0.25) is 0 Å². The minimum absolute atomic E-state index is 0.0807. The van der Waals surface area contributed by atoms with E-state index in [1.807, 2.05) is 0 Å². The van der Waals surface area contributed by atoms with Gasteiger partial charge in [-0.1, -0.05) is 19.1 Å². The summed E-state index contributed by atoms with van der Waals surface area (Å²) in [6.45, 7) is 10.4. The Morgan fingerprint density at radius 1 is 1.00 bits per heavy atom. The summed E-state index contributed by atoms with van der Waals surface area (Å²) in [5.74, 6) is 0. The predicted molar refractivity (Wildman–Crippen MR) is 60.3 cm³/mol. The molecule has 0 aromatic heterocycles. The van der Waals surface area contributed by atoms with Crippen molar-refractivity contribution in [2.45, 2.75) is 58.6 Å². The highest BCUT2D eigenvalue weighted by atomic mass is 16.7. The van der Waals surface area contributed by atoms with E-state index in [4.69, 9.17) is 9.31 Å². The van der Waals surface area contributed by atoms with Crippen molar-refractivity contribution in [1.82, 2.24) is 0 Å². The summed E-state index contributed by atoms with van der Waals surface area (Å²) in [6.07, 6.45) is 6.19. The predicted octanol–water partition coefficient (Wildman–Crippen LogP) is 3.04. The number of hydrogen-bond acceptors (Lipinski definition) is 2. The molecule has 0 N–H and O–H groups in total. The molecule has 1 heterocycles. The highest BCUT2D eigenvalue weighted by molar-refractivity contribution is 6.46. The largest absolute Gasteiger partial charge is 0.461 e. The van der Waals surface area contributed by atoms with Crippen LogP contribution >= 0.6 is 0 Å². The summed E-state index contributed by atoms with van der Waals surface area (Å²) in [7, 11) is -0.0807. The van der Waals surface area contributed by atoms with Crippen LogP contribution in [0.1, 0.15) is 41.0 Å². The van der Waals surface area contributed by atoms with Gasteiger partial charge in [0, 0.05) is 6.32 Å². The van der Waals surface area contributed by atoms with Gasteiger partial charge in [0.1, 0.15) is 0 Å². The fourth-order valence-electron chi connectivity index (χ4n) is 1.44. The second-order valence-corrected chi connectivity index (χ2v) is 4.80. The molecular weight excluding hydrogens is 175 g/mol. The Morgan fingerprint density at radius 3 is 1.93 bits per heavy atom. The van der Waals surface area contributed by atoms with E-state index in [1.54, 1.807) is 0 Å². The Hall–Kier alpha value is -0.275. The molecule has 1 rings (SSSR count). The van der Waals surface area contributed by atoms with Crippen molar-refractivity contribution in [3.8, 4) is 0 Å². The van der Waals surface area contributed by atoms with Gasteiger partial charge >= 0.3 is 7.12 Å². The standard InChI is InChI=1S/C11H21BO2/c1-6-7-8-9-12-13-10(2,3)11(4,5)14-12/h7-8H,6,9H2,1-5H3/b8-7+. The van der Waals surface area contributed by atoms with E-state index in [0.717, 1.165) is 12.7 Å². The van der Waals surface area contributed by atoms with Crippen molar-refractivity contribution < 1.29 is 9.31 Å². The van der Waals surface area contributed by atoms with Crippen LogP contribution in [0.5, 0.6) is 0 Å². The van der Waals surface area contributed by atoms with Crippen LogP contribution in [0.15, 0.2) is 12.2 Å². The van der Waals surface area contributed by atoms with E-state index in [1.165, 1.54) is 0 Å². The molecule has 2 nitrogen and oxygen atoms in total. The quantitative estimate of drug-likeness (QED) is 0.510. The van der Waals surface area contributed by atoms with Gasteiger partial charge in [0.05, 0.1) is 11.2 Å². The Bertz CT molecular complexity index is 205. The molecule has 1 fully saturated rings. The van der Waals surface area contributed by atoms with Crippen molar-refractivity contribution >= 4 is 7.12 Å². The summed E-state index contributed by atoms with van der Waals surface area (Å²) >= 11 is 0. The Kier molecular flexibility index (Phi) is 3.43. The number of rotatable bonds is 3. The molecular formula is C11H21BO2. The van der Waals surface area contributed by atoms with Crippen molar-refractivity contribution in [1.29, 1.82) is 0 Å². The first kappa shape index (κ1) is 11.8. The van der Waals surface area contributed by atoms with E-state index in [-0.39, 0.29) is 18.3 Å². The Balaban J connectivity index is 2.51. The van der Waals surface area contributed by atoms with E-state index < -0.39 is 0 Å². The molecule has 0 saturated carbocycles. The lowest BCUT2D eigenvalue weighted by Crippen LogP contribution is -2.41. The summed E-state index contributed by atoms with van der Waals surface area (Å²) in [6, 6.07) is 0. The van der Waals surface area contributed by atoms with Crippen molar-refractivity contribution in [3.63, 3.8) is 0 Å². The first-order valence-corrected chi connectivity index (χ1v) is 5.39. The minimum atomic E-state index is -0.197. The summed E-state index contributed by atoms with van der Waals surface area (Å²) in [4.78, 5) is 0. The van der Waals surface area contributed by atoms with E-state index in [9.17, 15) is 0 Å². The molecule has 0 aromatic rings. The molecule has 0 radical (unpaired) electrons. The second-order valence-electron chi connectivity index (χ2n) is 4.80. The fraction of sp³-hybridized carbons (Fsp3) is 0.818. The minimum Gasteiger partial charge on any atom is -0.403 e. The van der Waals surface area contributed by atoms with Crippen LogP contribution in [-0.4, -0.2) is 18.3 Å². The van der Waals surface area contributed by atoms with Crippen LogP contribution in [-0.2, 0) is 9.31 Å². The van der Waals surface area contributed by atoms with Crippen LogP contribution in [0.25, 0.3) is 0 Å². The molecule has 0 atom stereocenters. The number of hydrogen-bond donors (Lipinski definition) is 0.